The van der Waals surface area contributed by atoms with Crippen molar-refractivity contribution in [3.05, 3.63) is 34.4 Å². The molecule has 0 saturated heterocycles. The Labute approximate surface area is 60.4 Å². The fourth-order valence-corrected chi connectivity index (χ4v) is 0.568. The van der Waals surface area contributed by atoms with Crippen molar-refractivity contribution in [1.82, 2.24) is 0 Å². The molecule has 0 aliphatic carbocycles. The van der Waals surface area contributed by atoms with Gasteiger partial charge in [-0.25, -0.2) is 0 Å². The maximum atomic E-state index is 12.3. The van der Waals surface area contributed by atoms with E-state index < -0.39 is 16.6 Å². The van der Waals surface area contributed by atoms with Crippen LogP contribution in [-0.2, 0) is 0 Å². The number of pyridine rings is 1. The van der Waals surface area contributed by atoms with Crippen molar-refractivity contribution < 1.29 is 19.3 Å². The maximum absolute atomic E-state index is 12.3. The molecule has 0 aliphatic heterocycles. The second-order valence-electron chi connectivity index (χ2n) is 1.81. The summed E-state index contributed by atoms with van der Waals surface area (Å²) in [5, 5.41) is 18.6. The molecule has 0 fully saturated rings. The van der Waals surface area contributed by atoms with E-state index in [0.29, 0.717) is 6.07 Å². The third kappa shape index (κ3) is 1.40. The third-order valence-corrected chi connectivity index (χ3v) is 1.08. The Kier molecular flexibility index (Phi) is 1.67. The zero-order valence-corrected chi connectivity index (χ0v) is 5.27. The summed E-state index contributed by atoms with van der Waals surface area (Å²) < 4.78 is 12.5. The van der Waals surface area contributed by atoms with Crippen molar-refractivity contribution in [2.45, 2.75) is 0 Å². The van der Waals surface area contributed by atoms with Gasteiger partial charge in [-0.1, -0.05) is 0 Å². The fourth-order valence-electron chi connectivity index (χ4n) is 0.568. The first-order chi connectivity index (χ1) is 5.11. The lowest BCUT2D eigenvalue weighted by atomic mass is 10.4. The molecule has 0 aromatic carbocycles. The van der Waals surface area contributed by atoms with Crippen molar-refractivity contribution in [3.63, 3.8) is 0 Å². The minimum absolute atomic E-state index is 0.160. The van der Waals surface area contributed by atoms with Gasteiger partial charge in [0.05, 0.1) is 11.0 Å². The van der Waals surface area contributed by atoms with Crippen LogP contribution in [0.4, 0.5) is 10.1 Å². The van der Waals surface area contributed by atoms with E-state index in [2.05, 4.69) is 0 Å². The molecule has 1 N–H and O–H groups in total. The van der Waals surface area contributed by atoms with E-state index in [1.165, 1.54) is 0 Å². The van der Waals surface area contributed by atoms with E-state index in [9.17, 15) is 14.5 Å². The number of hydrogen-bond donors (Lipinski definition) is 1. The molecule has 6 heteroatoms. The lowest BCUT2D eigenvalue weighted by Crippen LogP contribution is -2.33. The number of halogens is 1. The summed E-state index contributed by atoms with van der Waals surface area (Å²) in [6.45, 7) is 0. The summed E-state index contributed by atoms with van der Waals surface area (Å²) in [4.78, 5) is 9.27. The van der Waals surface area contributed by atoms with Crippen LogP contribution in [0.15, 0.2) is 18.3 Å². The smallest absolute Gasteiger partial charge is 0.282 e. The normalized spacial score (nSPS) is 9.55. The van der Waals surface area contributed by atoms with Gasteiger partial charge >= 0.3 is 5.95 Å². The van der Waals surface area contributed by atoms with Gasteiger partial charge in [0.1, 0.15) is 6.07 Å². The summed E-state index contributed by atoms with van der Waals surface area (Å²) >= 11 is 0. The van der Waals surface area contributed by atoms with Crippen LogP contribution in [0.2, 0.25) is 0 Å². The lowest BCUT2D eigenvalue weighted by Gasteiger charge is -1.86. The molecular formula is C5H4FN2O3+. The predicted molar refractivity (Wildman–Crippen MR) is 30.4 cm³/mol. The van der Waals surface area contributed by atoms with E-state index in [0.717, 1.165) is 12.3 Å². The van der Waals surface area contributed by atoms with Gasteiger partial charge in [-0.2, -0.15) is 0 Å². The quantitative estimate of drug-likeness (QED) is 0.210. The highest BCUT2D eigenvalue weighted by atomic mass is 19.1. The van der Waals surface area contributed by atoms with Crippen molar-refractivity contribution in [2.24, 2.45) is 0 Å². The van der Waals surface area contributed by atoms with E-state index in [1.54, 1.807) is 0 Å². The van der Waals surface area contributed by atoms with Gasteiger partial charge in [0.25, 0.3) is 5.69 Å². The van der Waals surface area contributed by atoms with E-state index in [4.69, 9.17) is 5.21 Å². The molecule has 0 aliphatic rings. The Morgan fingerprint density at radius 1 is 1.73 bits per heavy atom. The molecular weight excluding hydrogens is 155 g/mol. The minimum atomic E-state index is -1.07. The van der Waals surface area contributed by atoms with Crippen LogP contribution < -0.4 is 4.73 Å². The largest absolute Gasteiger partial charge is 0.415 e. The molecule has 0 unspecified atom stereocenters. The molecule has 0 spiro atoms. The van der Waals surface area contributed by atoms with Crippen LogP contribution in [0.25, 0.3) is 0 Å². The van der Waals surface area contributed by atoms with Crippen molar-refractivity contribution in [2.75, 3.05) is 0 Å². The minimum Gasteiger partial charge on any atom is -0.282 e. The number of hydrogen-bond acceptors (Lipinski definition) is 3. The first-order valence-corrected chi connectivity index (χ1v) is 2.66. The molecule has 1 rings (SSSR count). The molecule has 1 aromatic rings. The Balaban J connectivity index is 3.15. The zero-order valence-electron chi connectivity index (χ0n) is 5.27. The number of rotatable bonds is 1. The molecule has 1 heterocycles. The van der Waals surface area contributed by atoms with E-state index in [-0.39, 0.29) is 4.73 Å². The SMILES string of the molecule is O=[N+]([O-])c1cc[n+](O)c(F)c1. The monoisotopic (exact) mass is 159 g/mol. The summed E-state index contributed by atoms with van der Waals surface area (Å²) in [7, 11) is 0. The Bertz CT molecular complexity index is 302. The molecule has 11 heavy (non-hydrogen) atoms. The second kappa shape index (κ2) is 2.49. The fraction of sp³-hybridized carbons (Fsp3) is 0. The first kappa shape index (κ1) is 7.39. The number of nitro groups is 1. The molecule has 5 nitrogen and oxygen atoms in total. The highest BCUT2D eigenvalue weighted by Crippen LogP contribution is 2.07. The third-order valence-electron chi connectivity index (χ3n) is 1.08. The molecule has 1 aromatic heterocycles. The summed E-state index contributed by atoms with van der Waals surface area (Å²) in [6.07, 6.45) is 0.855. The van der Waals surface area contributed by atoms with Gasteiger partial charge < -0.3 is 0 Å². The molecule has 0 amide bonds. The zero-order chi connectivity index (χ0) is 8.43. The molecule has 0 atom stereocenters. The predicted octanol–water partition coefficient (Wildman–Crippen LogP) is 0.259. The topological polar surface area (TPSA) is 67.2 Å². The highest BCUT2D eigenvalue weighted by molar-refractivity contribution is 5.23. The number of nitrogens with zero attached hydrogens (tertiary/aromatic N) is 2. The second-order valence-corrected chi connectivity index (χ2v) is 1.81. The van der Waals surface area contributed by atoms with E-state index >= 15 is 0 Å². The molecule has 58 valence electrons. The Morgan fingerprint density at radius 3 is 2.82 bits per heavy atom. The van der Waals surface area contributed by atoms with Gasteiger partial charge in [0.2, 0.25) is 6.20 Å². The van der Waals surface area contributed by atoms with Gasteiger partial charge in [0.15, 0.2) is 0 Å². The summed E-state index contributed by atoms with van der Waals surface area (Å²) in [5.74, 6) is -1.07. The molecule has 0 radical (unpaired) electrons. The van der Waals surface area contributed by atoms with Crippen LogP contribution in [0, 0.1) is 16.1 Å². The Hall–Kier alpha value is -1.72. The Morgan fingerprint density at radius 2 is 2.36 bits per heavy atom. The molecule has 0 saturated carbocycles. The van der Waals surface area contributed by atoms with E-state index in [1.807, 2.05) is 0 Å². The van der Waals surface area contributed by atoms with Crippen LogP contribution in [0.5, 0.6) is 0 Å². The average molecular weight is 159 g/mol. The van der Waals surface area contributed by atoms with Crippen LogP contribution in [-0.4, -0.2) is 10.1 Å². The first-order valence-electron chi connectivity index (χ1n) is 2.66. The average Bonchev–Trinajstić information content (AvgIpc) is 1.94. The van der Waals surface area contributed by atoms with Gasteiger partial charge in [-0.05, 0) is 0 Å². The van der Waals surface area contributed by atoms with Crippen LogP contribution >= 0.6 is 0 Å². The van der Waals surface area contributed by atoms with Crippen LogP contribution in [0.3, 0.4) is 0 Å². The van der Waals surface area contributed by atoms with Gasteiger partial charge in [-0.3, -0.25) is 15.3 Å². The van der Waals surface area contributed by atoms with Crippen molar-refractivity contribution >= 4 is 5.69 Å². The number of aromatic nitrogens is 1. The van der Waals surface area contributed by atoms with Crippen molar-refractivity contribution in [3.8, 4) is 0 Å². The standard InChI is InChI=1S/C5H4FN2O3/c6-5-3-4(8(10)11)1-2-7(5)9/h1-3,9H/q+1. The lowest BCUT2D eigenvalue weighted by molar-refractivity contribution is -0.924. The summed E-state index contributed by atoms with van der Waals surface area (Å²) in [5.41, 5.74) is -0.396. The highest BCUT2D eigenvalue weighted by Gasteiger charge is 2.15. The van der Waals surface area contributed by atoms with Gasteiger partial charge in [-0.15, -0.1) is 4.39 Å². The van der Waals surface area contributed by atoms with Gasteiger partial charge in [0, 0.05) is 4.73 Å². The molecule has 0 bridgehead atoms. The maximum Gasteiger partial charge on any atom is 0.415 e. The van der Waals surface area contributed by atoms with Crippen molar-refractivity contribution in [1.29, 1.82) is 0 Å². The van der Waals surface area contributed by atoms with Crippen LogP contribution in [0.1, 0.15) is 0 Å². The summed E-state index contributed by atoms with van der Waals surface area (Å²) in [6, 6.07) is 1.61.